The summed E-state index contributed by atoms with van der Waals surface area (Å²) in [5.41, 5.74) is 0. The summed E-state index contributed by atoms with van der Waals surface area (Å²) in [4.78, 5) is 23.3. The molecule has 0 saturated carbocycles. The highest BCUT2D eigenvalue weighted by Crippen LogP contribution is 2.15. The molecule has 0 aromatic carbocycles. The van der Waals surface area contributed by atoms with Crippen LogP contribution in [0.4, 0.5) is 0 Å². The van der Waals surface area contributed by atoms with Gasteiger partial charge in [0.15, 0.2) is 0 Å². The van der Waals surface area contributed by atoms with Crippen molar-refractivity contribution in [2.24, 2.45) is 0 Å². The number of carbonyl (C=O) groups is 2. The minimum Gasteiger partial charge on any atom is -0.481 e. The molecule has 0 aliphatic rings. The highest BCUT2D eigenvalue weighted by molar-refractivity contribution is 5.69. The van der Waals surface area contributed by atoms with Gasteiger partial charge in [-0.3, -0.25) is 9.59 Å². The van der Waals surface area contributed by atoms with Gasteiger partial charge in [-0.25, -0.2) is 0 Å². The number of esters is 1. The Morgan fingerprint density at radius 1 is 0.523 bits per heavy atom. The van der Waals surface area contributed by atoms with E-state index in [1.807, 2.05) is 0 Å². The first-order valence-corrected chi connectivity index (χ1v) is 19.0. The van der Waals surface area contributed by atoms with Crippen LogP contribution in [0.3, 0.4) is 0 Å². The topological polar surface area (TPSA) is 63.6 Å². The summed E-state index contributed by atoms with van der Waals surface area (Å²) in [6, 6.07) is 0. The fraction of sp³-hybridized carbons (Fsp3) is 0.800. The van der Waals surface area contributed by atoms with E-state index in [0.29, 0.717) is 6.42 Å². The molecule has 0 heterocycles. The van der Waals surface area contributed by atoms with Crippen LogP contribution in [-0.4, -0.2) is 23.1 Å². The summed E-state index contributed by atoms with van der Waals surface area (Å²) in [7, 11) is 0. The van der Waals surface area contributed by atoms with Gasteiger partial charge in [0.2, 0.25) is 0 Å². The largest absolute Gasteiger partial charge is 0.481 e. The lowest BCUT2D eigenvalue weighted by molar-refractivity contribution is -0.147. The lowest BCUT2D eigenvalue weighted by Crippen LogP contribution is -2.16. The first-order chi connectivity index (χ1) is 21.6. The number of hydrogen-bond acceptors (Lipinski definition) is 3. The number of carboxylic acids is 1. The van der Waals surface area contributed by atoms with Crippen LogP contribution in [0.1, 0.15) is 200 Å². The molecule has 0 rings (SSSR count). The fourth-order valence-corrected chi connectivity index (χ4v) is 5.48. The van der Waals surface area contributed by atoms with E-state index in [1.165, 1.54) is 116 Å². The fourth-order valence-electron chi connectivity index (χ4n) is 5.48. The number of allylic oxidation sites excluding steroid dienone is 5. The van der Waals surface area contributed by atoms with E-state index < -0.39 is 5.97 Å². The molecule has 0 bridgehead atoms. The van der Waals surface area contributed by atoms with Crippen LogP contribution in [-0.2, 0) is 14.3 Å². The Morgan fingerprint density at radius 3 is 1.50 bits per heavy atom. The Bertz CT molecular complexity index is 708. The average Bonchev–Trinajstić information content (AvgIpc) is 3.01. The van der Waals surface area contributed by atoms with Crippen molar-refractivity contribution in [3.63, 3.8) is 0 Å². The number of carbonyl (C=O) groups excluding carboxylic acids is 1. The molecule has 0 amide bonds. The summed E-state index contributed by atoms with van der Waals surface area (Å²) in [5, 5.41) is 8.82. The summed E-state index contributed by atoms with van der Waals surface area (Å²) in [6.45, 7) is 4.51. The predicted octanol–water partition coefficient (Wildman–Crippen LogP) is 13.0. The van der Waals surface area contributed by atoms with E-state index in [-0.39, 0.29) is 18.5 Å². The van der Waals surface area contributed by atoms with Crippen molar-refractivity contribution in [2.45, 2.75) is 206 Å². The summed E-state index contributed by atoms with van der Waals surface area (Å²) < 4.78 is 5.85. The molecule has 0 aromatic heterocycles. The summed E-state index contributed by atoms with van der Waals surface area (Å²) >= 11 is 0. The first kappa shape index (κ1) is 42.2. The third-order valence-corrected chi connectivity index (χ3v) is 8.32. The van der Waals surface area contributed by atoms with E-state index in [2.05, 4.69) is 50.3 Å². The number of aliphatic carboxylic acids is 1. The quantitative estimate of drug-likeness (QED) is 0.0444. The molecule has 256 valence electrons. The van der Waals surface area contributed by atoms with Crippen molar-refractivity contribution in [2.75, 3.05) is 0 Å². The normalized spacial score (nSPS) is 12.6. The van der Waals surface area contributed by atoms with Crippen LogP contribution >= 0.6 is 0 Å². The smallest absolute Gasteiger partial charge is 0.306 e. The van der Waals surface area contributed by atoms with Gasteiger partial charge in [-0.1, -0.05) is 147 Å². The Labute approximate surface area is 273 Å². The molecule has 0 aliphatic carbocycles. The molecule has 4 nitrogen and oxygen atoms in total. The number of hydrogen-bond donors (Lipinski definition) is 1. The zero-order chi connectivity index (χ0) is 32.2. The standard InChI is InChI=1S/C40H72O4/c1-3-5-7-9-11-13-14-15-16-17-18-19-20-21-23-25-27-33-37-40(43)44-38(35-31-28-29-32-36-39(41)42)34-30-26-24-22-12-10-8-6-4-2/h16-17,22,24,30,34,38H,3-15,18-21,23,25-29,31-33,35-37H2,1-2H3,(H,41,42)/b17-16-,24-22-,34-30-. The van der Waals surface area contributed by atoms with Gasteiger partial charge < -0.3 is 9.84 Å². The Balaban J connectivity index is 3.99. The summed E-state index contributed by atoms with van der Waals surface area (Å²) in [5.74, 6) is -0.810. The number of unbranched alkanes of at least 4 members (excludes halogenated alkanes) is 21. The van der Waals surface area contributed by atoms with Crippen LogP contribution in [0.25, 0.3) is 0 Å². The molecule has 1 atom stereocenters. The maximum atomic E-state index is 12.6. The maximum absolute atomic E-state index is 12.6. The van der Waals surface area contributed by atoms with Crippen molar-refractivity contribution in [3.05, 3.63) is 36.5 Å². The molecule has 1 N–H and O–H groups in total. The lowest BCUT2D eigenvalue weighted by Gasteiger charge is -2.14. The Hall–Kier alpha value is -1.84. The zero-order valence-electron chi connectivity index (χ0n) is 29.2. The molecule has 0 aromatic rings. The molecule has 0 aliphatic heterocycles. The predicted molar refractivity (Wildman–Crippen MR) is 190 cm³/mol. The Kier molecular flexibility index (Phi) is 34.1. The van der Waals surface area contributed by atoms with E-state index in [4.69, 9.17) is 9.84 Å². The van der Waals surface area contributed by atoms with Gasteiger partial charge >= 0.3 is 11.9 Å². The van der Waals surface area contributed by atoms with E-state index >= 15 is 0 Å². The molecule has 1 unspecified atom stereocenters. The van der Waals surface area contributed by atoms with Gasteiger partial charge in [-0.15, -0.1) is 0 Å². The van der Waals surface area contributed by atoms with Crippen LogP contribution < -0.4 is 0 Å². The molecule has 4 heteroatoms. The minimum absolute atomic E-state index is 0.0831. The van der Waals surface area contributed by atoms with Gasteiger partial charge in [-0.2, -0.15) is 0 Å². The van der Waals surface area contributed by atoms with Gasteiger partial charge in [-0.05, 0) is 76.7 Å². The number of rotatable bonds is 34. The van der Waals surface area contributed by atoms with E-state index in [1.54, 1.807) is 0 Å². The summed E-state index contributed by atoms with van der Waals surface area (Å²) in [6.07, 6.45) is 46.0. The number of ether oxygens (including phenoxy) is 1. The van der Waals surface area contributed by atoms with E-state index in [9.17, 15) is 9.59 Å². The molecule has 0 fully saturated rings. The van der Waals surface area contributed by atoms with Crippen molar-refractivity contribution in [1.29, 1.82) is 0 Å². The zero-order valence-corrected chi connectivity index (χ0v) is 29.2. The van der Waals surface area contributed by atoms with Crippen molar-refractivity contribution in [1.82, 2.24) is 0 Å². The second kappa shape index (κ2) is 35.6. The van der Waals surface area contributed by atoms with Crippen molar-refractivity contribution >= 4 is 11.9 Å². The minimum atomic E-state index is -0.727. The SMILES string of the molecule is CCCCCC/C=C\C/C=C\C(CCCCCCC(=O)O)OC(=O)CCCCCCCCC/C=C\CCCCCCCCC. The molecule has 0 saturated heterocycles. The first-order valence-electron chi connectivity index (χ1n) is 19.0. The van der Waals surface area contributed by atoms with Crippen LogP contribution in [0.5, 0.6) is 0 Å². The highest BCUT2D eigenvalue weighted by atomic mass is 16.5. The van der Waals surface area contributed by atoms with Crippen molar-refractivity contribution in [3.8, 4) is 0 Å². The van der Waals surface area contributed by atoms with Gasteiger partial charge in [0.05, 0.1) is 0 Å². The second-order valence-corrected chi connectivity index (χ2v) is 12.8. The Morgan fingerprint density at radius 2 is 0.955 bits per heavy atom. The highest BCUT2D eigenvalue weighted by Gasteiger charge is 2.11. The van der Waals surface area contributed by atoms with Crippen LogP contribution in [0.15, 0.2) is 36.5 Å². The maximum Gasteiger partial charge on any atom is 0.306 e. The third-order valence-electron chi connectivity index (χ3n) is 8.32. The number of carboxylic acid groups (broad SMARTS) is 1. The average molecular weight is 617 g/mol. The van der Waals surface area contributed by atoms with E-state index in [0.717, 1.165) is 57.8 Å². The third kappa shape index (κ3) is 34.6. The molecular weight excluding hydrogens is 544 g/mol. The molecular formula is C40H72O4. The molecule has 44 heavy (non-hydrogen) atoms. The van der Waals surface area contributed by atoms with Crippen LogP contribution in [0.2, 0.25) is 0 Å². The second-order valence-electron chi connectivity index (χ2n) is 12.8. The molecule has 0 spiro atoms. The lowest BCUT2D eigenvalue weighted by atomic mass is 10.1. The van der Waals surface area contributed by atoms with Gasteiger partial charge in [0, 0.05) is 12.8 Å². The van der Waals surface area contributed by atoms with Crippen LogP contribution in [0, 0.1) is 0 Å². The van der Waals surface area contributed by atoms with Gasteiger partial charge in [0.1, 0.15) is 6.10 Å². The molecule has 0 radical (unpaired) electrons. The van der Waals surface area contributed by atoms with Crippen molar-refractivity contribution < 1.29 is 19.4 Å². The van der Waals surface area contributed by atoms with Gasteiger partial charge in [0.25, 0.3) is 0 Å². The monoisotopic (exact) mass is 617 g/mol.